The second kappa shape index (κ2) is 19.4. The molecule has 0 aliphatic rings. The van der Waals surface area contributed by atoms with Crippen molar-refractivity contribution in [2.75, 3.05) is 6.54 Å². The molecule has 5 amide bonds. The number of benzene rings is 3. The van der Waals surface area contributed by atoms with Gasteiger partial charge in [-0.25, -0.2) is 0 Å². The summed E-state index contributed by atoms with van der Waals surface area (Å²) in [5.74, 6) is -2.54. The molecule has 0 fully saturated rings. The molecule has 0 aliphatic carbocycles. The van der Waals surface area contributed by atoms with Crippen LogP contribution in [0.2, 0.25) is 0 Å². The van der Waals surface area contributed by atoms with Gasteiger partial charge in [-0.1, -0.05) is 90.0 Å². The van der Waals surface area contributed by atoms with Crippen LogP contribution >= 0.6 is 0 Å². The van der Waals surface area contributed by atoms with Crippen LogP contribution in [0.4, 0.5) is 0 Å². The van der Waals surface area contributed by atoms with Gasteiger partial charge in [0.2, 0.25) is 23.6 Å². The summed E-state index contributed by atoms with van der Waals surface area (Å²) in [6.45, 7) is 9.56. The van der Waals surface area contributed by atoms with Crippen LogP contribution in [0.1, 0.15) is 67.9 Å². The van der Waals surface area contributed by atoms with Gasteiger partial charge in [0.05, 0.1) is 0 Å². The quantitative estimate of drug-likeness (QED) is 0.113. The number of amides is 5. The van der Waals surface area contributed by atoms with E-state index >= 15 is 0 Å². The molecular formula is C40H48N6O5. The molecule has 11 heteroatoms. The number of nitriles is 1. The largest absolute Gasteiger partial charge is 0.352 e. The van der Waals surface area contributed by atoms with Gasteiger partial charge in [-0.05, 0) is 63.8 Å². The molecule has 0 radical (unpaired) electrons. The SMILES string of the molecule is Cc1ccc(/C=C(\C#N)C(=O)NCCC(=O)N[C@@H](CCC(=O)NC(C)(C)C)C(=O)N[C@@H](Cc2ccccc2)C(=O)NCc2ccc(C)cc2)cc1. The van der Waals surface area contributed by atoms with Gasteiger partial charge in [-0.2, -0.15) is 5.26 Å². The number of hydrogen-bond donors (Lipinski definition) is 5. The maximum Gasteiger partial charge on any atom is 0.261 e. The van der Waals surface area contributed by atoms with E-state index in [-0.39, 0.29) is 50.3 Å². The average Bonchev–Trinajstić information content (AvgIpc) is 3.08. The first-order valence-electron chi connectivity index (χ1n) is 17.0. The van der Waals surface area contributed by atoms with E-state index in [2.05, 4.69) is 26.6 Å². The van der Waals surface area contributed by atoms with Crippen LogP contribution in [0.5, 0.6) is 0 Å². The summed E-state index contributed by atoms with van der Waals surface area (Å²) in [6.07, 6.45) is 1.36. The van der Waals surface area contributed by atoms with Crippen molar-refractivity contribution in [2.24, 2.45) is 0 Å². The molecule has 268 valence electrons. The summed E-state index contributed by atoms with van der Waals surface area (Å²) in [4.78, 5) is 65.6. The first-order chi connectivity index (χ1) is 24.2. The van der Waals surface area contributed by atoms with Gasteiger partial charge in [0, 0.05) is 37.9 Å². The third kappa shape index (κ3) is 14.7. The Morgan fingerprint density at radius 1 is 0.725 bits per heavy atom. The summed E-state index contributed by atoms with van der Waals surface area (Å²) in [5.41, 5.74) is 3.91. The lowest BCUT2D eigenvalue weighted by Gasteiger charge is -2.24. The van der Waals surface area contributed by atoms with Crippen LogP contribution in [0.15, 0.2) is 84.4 Å². The Kier molecular flexibility index (Phi) is 15.1. The normalized spacial score (nSPS) is 12.4. The smallest absolute Gasteiger partial charge is 0.261 e. The van der Waals surface area contributed by atoms with E-state index in [1.54, 1.807) is 12.1 Å². The Labute approximate surface area is 300 Å². The molecule has 0 bridgehead atoms. The molecule has 0 heterocycles. The van der Waals surface area contributed by atoms with E-state index in [1.165, 1.54) is 6.08 Å². The summed E-state index contributed by atoms with van der Waals surface area (Å²) in [7, 11) is 0. The minimum Gasteiger partial charge on any atom is -0.352 e. The van der Waals surface area contributed by atoms with E-state index in [9.17, 15) is 29.2 Å². The van der Waals surface area contributed by atoms with Crippen molar-refractivity contribution in [2.45, 2.75) is 84.5 Å². The monoisotopic (exact) mass is 692 g/mol. The highest BCUT2D eigenvalue weighted by atomic mass is 16.2. The molecular weight excluding hydrogens is 644 g/mol. The number of carbonyl (C=O) groups excluding carboxylic acids is 5. The fourth-order valence-corrected chi connectivity index (χ4v) is 5.00. The number of hydrogen-bond acceptors (Lipinski definition) is 6. The fourth-order valence-electron chi connectivity index (χ4n) is 5.00. The van der Waals surface area contributed by atoms with E-state index in [4.69, 9.17) is 0 Å². The van der Waals surface area contributed by atoms with Crippen LogP contribution in [0.25, 0.3) is 6.08 Å². The van der Waals surface area contributed by atoms with Crippen molar-refractivity contribution in [3.63, 3.8) is 0 Å². The molecule has 51 heavy (non-hydrogen) atoms. The van der Waals surface area contributed by atoms with E-state index in [1.807, 2.05) is 107 Å². The second-order valence-corrected chi connectivity index (χ2v) is 13.5. The Morgan fingerprint density at radius 2 is 1.35 bits per heavy atom. The van der Waals surface area contributed by atoms with Crippen molar-refractivity contribution in [1.82, 2.24) is 26.6 Å². The number of nitrogens with one attached hydrogen (secondary N) is 5. The van der Waals surface area contributed by atoms with Crippen molar-refractivity contribution in [3.8, 4) is 6.07 Å². The molecule has 2 atom stereocenters. The zero-order chi connectivity index (χ0) is 37.4. The van der Waals surface area contributed by atoms with Crippen LogP contribution in [0, 0.1) is 25.2 Å². The number of carbonyl (C=O) groups is 5. The first-order valence-corrected chi connectivity index (χ1v) is 17.0. The first kappa shape index (κ1) is 39.7. The molecule has 11 nitrogen and oxygen atoms in total. The van der Waals surface area contributed by atoms with Crippen LogP contribution in [-0.4, -0.2) is 53.7 Å². The highest BCUT2D eigenvalue weighted by Gasteiger charge is 2.28. The van der Waals surface area contributed by atoms with Crippen molar-refractivity contribution in [1.29, 1.82) is 5.26 Å². The lowest BCUT2D eigenvalue weighted by atomic mass is 10.0. The third-order valence-corrected chi connectivity index (χ3v) is 7.72. The molecule has 3 rings (SSSR count). The second-order valence-electron chi connectivity index (χ2n) is 13.5. The van der Waals surface area contributed by atoms with Gasteiger partial charge in [-0.15, -0.1) is 0 Å². The van der Waals surface area contributed by atoms with Gasteiger partial charge < -0.3 is 26.6 Å². The average molecular weight is 693 g/mol. The Hall–Kier alpha value is -5.76. The number of nitrogens with zero attached hydrogens (tertiary/aromatic N) is 1. The van der Waals surface area contributed by atoms with Crippen LogP contribution in [0.3, 0.4) is 0 Å². The van der Waals surface area contributed by atoms with Gasteiger partial charge in [0.1, 0.15) is 23.7 Å². The molecule has 0 aliphatic heterocycles. The number of rotatable bonds is 16. The number of aryl methyl sites for hydroxylation is 2. The van der Waals surface area contributed by atoms with E-state index in [0.717, 1.165) is 22.3 Å². The van der Waals surface area contributed by atoms with E-state index < -0.39 is 41.3 Å². The Balaban J connectivity index is 1.70. The third-order valence-electron chi connectivity index (χ3n) is 7.72. The maximum absolute atomic E-state index is 13.7. The highest BCUT2D eigenvalue weighted by molar-refractivity contribution is 6.02. The minimum atomic E-state index is -1.15. The summed E-state index contributed by atoms with van der Waals surface area (Å²) < 4.78 is 0. The molecule has 5 N–H and O–H groups in total. The van der Waals surface area contributed by atoms with Crippen molar-refractivity contribution in [3.05, 3.63) is 112 Å². The summed E-state index contributed by atoms with van der Waals surface area (Å²) in [5, 5.41) is 23.3. The van der Waals surface area contributed by atoms with Gasteiger partial charge in [-0.3, -0.25) is 24.0 Å². The summed E-state index contributed by atoms with van der Waals surface area (Å²) in [6, 6.07) is 24.0. The van der Waals surface area contributed by atoms with Gasteiger partial charge in [0.15, 0.2) is 0 Å². The topological polar surface area (TPSA) is 169 Å². The molecule has 0 unspecified atom stereocenters. The lowest BCUT2D eigenvalue weighted by molar-refractivity contribution is -0.133. The molecule has 0 saturated carbocycles. The molecule has 3 aromatic carbocycles. The summed E-state index contributed by atoms with van der Waals surface area (Å²) >= 11 is 0. The standard InChI is InChI=1S/C40H48N6O5/c1-27-11-15-30(16-12-27)23-32(25-41)37(49)42-22-21-35(47)44-33(19-20-36(48)46-40(3,4)5)39(51)45-34(24-29-9-7-6-8-10-29)38(50)43-26-31-17-13-28(2)14-18-31/h6-18,23,33-34H,19-22,24,26H2,1-5H3,(H,42,49)(H,43,50)(H,44,47)(H,45,51)(H,46,48)/b32-23+/t33-,34-/m0/s1. The Morgan fingerprint density at radius 3 is 1.96 bits per heavy atom. The molecule has 0 saturated heterocycles. The van der Waals surface area contributed by atoms with E-state index in [0.29, 0.717) is 5.56 Å². The molecule has 0 spiro atoms. The maximum atomic E-state index is 13.7. The fraction of sp³-hybridized carbons (Fsp3) is 0.350. The zero-order valence-electron chi connectivity index (χ0n) is 30.0. The zero-order valence-corrected chi connectivity index (χ0v) is 30.0. The van der Waals surface area contributed by atoms with Gasteiger partial charge >= 0.3 is 0 Å². The van der Waals surface area contributed by atoms with Crippen LogP contribution in [-0.2, 0) is 36.9 Å². The van der Waals surface area contributed by atoms with Gasteiger partial charge in [0.25, 0.3) is 5.91 Å². The molecule has 0 aromatic heterocycles. The van der Waals surface area contributed by atoms with Crippen molar-refractivity contribution < 1.29 is 24.0 Å². The van der Waals surface area contributed by atoms with Crippen LogP contribution < -0.4 is 26.6 Å². The minimum absolute atomic E-state index is 0.0350. The predicted molar refractivity (Wildman–Crippen MR) is 197 cm³/mol. The van der Waals surface area contributed by atoms with Crippen molar-refractivity contribution >= 4 is 35.6 Å². The Bertz CT molecular complexity index is 1720. The predicted octanol–water partition coefficient (Wildman–Crippen LogP) is 3.94. The molecule has 3 aromatic rings. The highest BCUT2D eigenvalue weighted by Crippen LogP contribution is 2.10. The lowest BCUT2D eigenvalue weighted by Crippen LogP contribution is -2.54.